The van der Waals surface area contributed by atoms with Crippen molar-refractivity contribution in [1.29, 1.82) is 0 Å². The molecule has 4 heteroatoms. The van der Waals surface area contributed by atoms with Crippen molar-refractivity contribution in [2.75, 3.05) is 12.8 Å². The molecule has 0 spiro atoms. The van der Waals surface area contributed by atoms with E-state index in [9.17, 15) is 8.42 Å². The van der Waals surface area contributed by atoms with E-state index in [1.807, 2.05) is 0 Å². The minimum absolute atomic E-state index is 0.607. The van der Waals surface area contributed by atoms with Gasteiger partial charge in [-0.25, -0.2) is 13.1 Å². The Labute approximate surface area is 87.3 Å². The predicted molar refractivity (Wildman–Crippen MR) is 58.6 cm³/mol. The number of hydrogen-bond acceptors (Lipinski definition) is 2. The van der Waals surface area contributed by atoms with Crippen molar-refractivity contribution in [3.05, 3.63) is 0 Å². The molecule has 0 bridgehead atoms. The molecule has 0 aromatic carbocycles. The molecule has 0 heterocycles. The normalized spacial score (nSPS) is 29.0. The van der Waals surface area contributed by atoms with E-state index >= 15 is 0 Å². The standard InChI is InChI=1S/C10H21NO2S/c1-9-4-3-5-10(8-9)6-7-11-14(2,12)13/h9-11H,3-8H2,1-2H3/t9-,10-/m1/s1. The van der Waals surface area contributed by atoms with Gasteiger partial charge in [0.15, 0.2) is 0 Å². The molecule has 0 aliphatic heterocycles. The molecule has 1 aliphatic carbocycles. The van der Waals surface area contributed by atoms with Crippen molar-refractivity contribution in [2.24, 2.45) is 11.8 Å². The van der Waals surface area contributed by atoms with E-state index in [2.05, 4.69) is 11.6 Å². The Morgan fingerprint density at radius 1 is 1.36 bits per heavy atom. The zero-order chi connectivity index (χ0) is 10.6. The average Bonchev–Trinajstić information content (AvgIpc) is 2.01. The summed E-state index contributed by atoms with van der Waals surface area (Å²) in [5.41, 5.74) is 0. The summed E-state index contributed by atoms with van der Waals surface area (Å²) in [6.45, 7) is 2.90. The van der Waals surface area contributed by atoms with Crippen LogP contribution in [0.25, 0.3) is 0 Å². The molecule has 0 unspecified atom stereocenters. The van der Waals surface area contributed by atoms with E-state index in [0.717, 1.165) is 18.3 Å². The SMILES string of the molecule is C[C@@H]1CCC[C@H](CCNS(C)(=O)=O)C1. The van der Waals surface area contributed by atoms with Gasteiger partial charge < -0.3 is 0 Å². The van der Waals surface area contributed by atoms with Crippen LogP contribution in [0.1, 0.15) is 39.0 Å². The highest BCUT2D eigenvalue weighted by Crippen LogP contribution is 2.30. The zero-order valence-electron chi connectivity index (χ0n) is 9.12. The summed E-state index contributed by atoms with van der Waals surface area (Å²) in [6, 6.07) is 0. The molecule has 0 radical (unpaired) electrons. The zero-order valence-corrected chi connectivity index (χ0v) is 9.94. The summed E-state index contributed by atoms with van der Waals surface area (Å²) >= 11 is 0. The summed E-state index contributed by atoms with van der Waals surface area (Å²) in [7, 11) is -2.99. The third-order valence-electron chi connectivity index (χ3n) is 2.96. The van der Waals surface area contributed by atoms with Gasteiger partial charge in [0, 0.05) is 6.54 Å². The summed E-state index contributed by atoms with van der Waals surface area (Å²) in [5.74, 6) is 1.56. The van der Waals surface area contributed by atoms with Crippen molar-refractivity contribution in [3.63, 3.8) is 0 Å². The third-order valence-corrected chi connectivity index (χ3v) is 3.69. The molecule has 1 N–H and O–H groups in total. The monoisotopic (exact) mass is 219 g/mol. The Morgan fingerprint density at radius 2 is 2.07 bits per heavy atom. The molecule has 1 saturated carbocycles. The van der Waals surface area contributed by atoms with Gasteiger partial charge in [0.05, 0.1) is 6.26 Å². The Hall–Kier alpha value is -0.0900. The van der Waals surface area contributed by atoms with E-state index in [1.165, 1.54) is 31.9 Å². The molecule has 0 aromatic rings. The number of nitrogens with one attached hydrogen (secondary N) is 1. The molecular weight excluding hydrogens is 198 g/mol. The lowest BCUT2D eigenvalue weighted by Gasteiger charge is -2.26. The maximum atomic E-state index is 10.8. The van der Waals surface area contributed by atoms with Crippen LogP contribution in [0, 0.1) is 11.8 Å². The lowest BCUT2D eigenvalue weighted by Crippen LogP contribution is -2.26. The van der Waals surface area contributed by atoms with Crippen LogP contribution >= 0.6 is 0 Å². The minimum Gasteiger partial charge on any atom is -0.215 e. The van der Waals surface area contributed by atoms with Gasteiger partial charge in [-0.1, -0.05) is 26.2 Å². The lowest BCUT2D eigenvalue weighted by molar-refractivity contribution is 0.271. The molecule has 14 heavy (non-hydrogen) atoms. The number of rotatable bonds is 4. The van der Waals surface area contributed by atoms with E-state index < -0.39 is 10.0 Å². The second kappa shape index (κ2) is 5.12. The average molecular weight is 219 g/mol. The van der Waals surface area contributed by atoms with Crippen LogP contribution in [0.2, 0.25) is 0 Å². The van der Waals surface area contributed by atoms with Crippen LogP contribution in [0.15, 0.2) is 0 Å². The quantitative estimate of drug-likeness (QED) is 0.783. The second-order valence-corrected chi connectivity index (χ2v) is 6.43. The van der Waals surface area contributed by atoms with Gasteiger partial charge in [0.1, 0.15) is 0 Å². The van der Waals surface area contributed by atoms with Gasteiger partial charge in [0.2, 0.25) is 10.0 Å². The van der Waals surface area contributed by atoms with Crippen LogP contribution in [0.5, 0.6) is 0 Å². The van der Waals surface area contributed by atoms with Crippen LogP contribution < -0.4 is 4.72 Å². The van der Waals surface area contributed by atoms with Crippen molar-refractivity contribution < 1.29 is 8.42 Å². The Balaban J connectivity index is 2.18. The smallest absolute Gasteiger partial charge is 0.208 e. The van der Waals surface area contributed by atoms with Gasteiger partial charge in [-0.3, -0.25) is 0 Å². The molecule has 84 valence electrons. The molecule has 0 aromatic heterocycles. The maximum Gasteiger partial charge on any atom is 0.208 e. The molecule has 2 atom stereocenters. The van der Waals surface area contributed by atoms with Crippen LogP contribution in [0.3, 0.4) is 0 Å². The predicted octanol–water partition coefficient (Wildman–Crippen LogP) is 1.75. The summed E-state index contributed by atoms with van der Waals surface area (Å²) in [6.07, 6.45) is 7.41. The summed E-state index contributed by atoms with van der Waals surface area (Å²) < 4.78 is 24.2. The molecule has 1 fully saturated rings. The van der Waals surface area contributed by atoms with Crippen LogP contribution in [-0.4, -0.2) is 21.2 Å². The topological polar surface area (TPSA) is 46.2 Å². The first-order valence-corrected chi connectivity index (χ1v) is 7.31. The fraction of sp³-hybridized carbons (Fsp3) is 1.00. The molecule has 0 saturated heterocycles. The fourth-order valence-electron chi connectivity index (χ4n) is 2.27. The van der Waals surface area contributed by atoms with Gasteiger partial charge in [-0.05, 0) is 24.7 Å². The molecular formula is C10H21NO2S. The third kappa shape index (κ3) is 4.96. The largest absolute Gasteiger partial charge is 0.215 e. The highest BCUT2D eigenvalue weighted by atomic mass is 32.2. The van der Waals surface area contributed by atoms with Crippen molar-refractivity contribution >= 4 is 10.0 Å². The molecule has 1 aliphatic rings. The first-order valence-electron chi connectivity index (χ1n) is 5.42. The molecule has 3 nitrogen and oxygen atoms in total. The Bertz CT molecular complexity index is 261. The van der Waals surface area contributed by atoms with Crippen molar-refractivity contribution in [1.82, 2.24) is 4.72 Å². The summed E-state index contributed by atoms with van der Waals surface area (Å²) in [5, 5.41) is 0. The van der Waals surface area contributed by atoms with Crippen LogP contribution in [0.4, 0.5) is 0 Å². The number of hydrogen-bond donors (Lipinski definition) is 1. The van der Waals surface area contributed by atoms with E-state index in [0.29, 0.717) is 6.54 Å². The van der Waals surface area contributed by atoms with E-state index in [4.69, 9.17) is 0 Å². The first kappa shape index (κ1) is 12.0. The van der Waals surface area contributed by atoms with Gasteiger partial charge in [-0.2, -0.15) is 0 Å². The second-order valence-electron chi connectivity index (χ2n) is 4.59. The van der Waals surface area contributed by atoms with Gasteiger partial charge in [0.25, 0.3) is 0 Å². The van der Waals surface area contributed by atoms with E-state index in [1.54, 1.807) is 0 Å². The van der Waals surface area contributed by atoms with E-state index in [-0.39, 0.29) is 0 Å². The van der Waals surface area contributed by atoms with Gasteiger partial charge in [-0.15, -0.1) is 0 Å². The highest BCUT2D eigenvalue weighted by Gasteiger charge is 2.18. The minimum atomic E-state index is -2.99. The first-order chi connectivity index (χ1) is 6.47. The van der Waals surface area contributed by atoms with Crippen LogP contribution in [-0.2, 0) is 10.0 Å². The Morgan fingerprint density at radius 3 is 2.64 bits per heavy atom. The molecule has 1 rings (SSSR count). The fourth-order valence-corrected chi connectivity index (χ4v) is 2.76. The van der Waals surface area contributed by atoms with Crippen molar-refractivity contribution in [3.8, 4) is 0 Å². The maximum absolute atomic E-state index is 10.8. The summed E-state index contributed by atoms with van der Waals surface area (Å²) in [4.78, 5) is 0. The molecule has 0 amide bonds. The Kier molecular flexibility index (Phi) is 4.38. The highest BCUT2D eigenvalue weighted by molar-refractivity contribution is 7.88. The lowest BCUT2D eigenvalue weighted by atomic mass is 9.81. The van der Waals surface area contributed by atoms with Gasteiger partial charge >= 0.3 is 0 Å². The van der Waals surface area contributed by atoms with Crippen molar-refractivity contribution in [2.45, 2.75) is 39.0 Å². The number of sulfonamides is 1.